The summed E-state index contributed by atoms with van der Waals surface area (Å²) in [6.07, 6.45) is 6.42. The Labute approximate surface area is 179 Å². The molecule has 2 aromatic carbocycles. The lowest BCUT2D eigenvalue weighted by atomic mass is 10.0. The van der Waals surface area contributed by atoms with Crippen LogP contribution in [0.25, 0.3) is 22.4 Å². The molecule has 1 N–H and O–H groups in total. The smallest absolute Gasteiger partial charge is 0.241 e. The van der Waals surface area contributed by atoms with Gasteiger partial charge in [0.25, 0.3) is 0 Å². The molecule has 5 nitrogen and oxygen atoms in total. The van der Waals surface area contributed by atoms with E-state index >= 15 is 0 Å². The molecular weight excluding hydrogens is 372 g/mol. The maximum Gasteiger partial charge on any atom is 0.241 e. The molecule has 0 aliphatic rings. The highest BCUT2D eigenvalue weighted by atomic mass is 16.2. The fraction of sp³-hybridized carbons (Fsp3) is 0.360. The standard InChI is InChI=1S/C25H32N4O/c1-28(2)18-12-4-3-11-17-26-24(30)20-29-25(22-15-9-6-10-16-22)23(19-27-29)21-13-7-5-8-14-21/h5-10,13-16,19H,3-4,11-12,17-18,20H2,1-2H3,(H,26,30). The van der Waals surface area contributed by atoms with E-state index in [0.29, 0.717) is 6.54 Å². The largest absolute Gasteiger partial charge is 0.354 e. The van der Waals surface area contributed by atoms with Crippen molar-refractivity contribution in [3.63, 3.8) is 0 Å². The summed E-state index contributed by atoms with van der Waals surface area (Å²) in [6.45, 7) is 2.06. The van der Waals surface area contributed by atoms with Crippen molar-refractivity contribution in [2.45, 2.75) is 32.2 Å². The molecule has 0 aliphatic carbocycles. The third-order valence-corrected chi connectivity index (χ3v) is 5.12. The average Bonchev–Trinajstić information content (AvgIpc) is 3.17. The van der Waals surface area contributed by atoms with Crippen LogP contribution in [-0.4, -0.2) is 47.8 Å². The second-order valence-corrected chi connectivity index (χ2v) is 7.86. The molecule has 1 amide bonds. The van der Waals surface area contributed by atoms with Crippen LogP contribution in [-0.2, 0) is 11.3 Å². The normalized spacial score (nSPS) is 11.0. The Morgan fingerprint density at radius 2 is 1.53 bits per heavy atom. The van der Waals surface area contributed by atoms with E-state index < -0.39 is 0 Å². The van der Waals surface area contributed by atoms with Gasteiger partial charge in [-0.1, -0.05) is 73.5 Å². The lowest BCUT2D eigenvalue weighted by Crippen LogP contribution is -2.29. The molecule has 0 atom stereocenters. The van der Waals surface area contributed by atoms with Gasteiger partial charge in [0.1, 0.15) is 6.54 Å². The van der Waals surface area contributed by atoms with Gasteiger partial charge in [-0.3, -0.25) is 9.48 Å². The zero-order valence-corrected chi connectivity index (χ0v) is 18.1. The predicted octanol–water partition coefficient (Wildman–Crippen LogP) is 4.46. The third kappa shape index (κ3) is 6.29. The van der Waals surface area contributed by atoms with Gasteiger partial charge in [-0.05, 0) is 39.0 Å². The molecule has 0 saturated heterocycles. The van der Waals surface area contributed by atoms with E-state index in [1.165, 1.54) is 12.8 Å². The van der Waals surface area contributed by atoms with Crippen molar-refractivity contribution in [3.05, 3.63) is 66.9 Å². The summed E-state index contributed by atoms with van der Waals surface area (Å²) in [4.78, 5) is 14.7. The van der Waals surface area contributed by atoms with Gasteiger partial charge in [-0.25, -0.2) is 0 Å². The van der Waals surface area contributed by atoms with Crippen molar-refractivity contribution >= 4 is 5.91 Å². The first-order valence-corrected chi connectivity index (χ1v) is 10.7. The summed E-state index contributed by atoms with van der Waals surface area (Å²) < 4.78 is 1.81. The number of hydrogen-bond acceptors (Lipinski definition) is 3. The summed E-state index contributed by atoms with van der Waals surface area (Å²) in [7, 11) is 4.20. The van der Waals surface area contributed by atoms with E-state index in [-0.39, 0.29) is 12.5 Å². The van der Waals surface area contributed by atoms with Crippen molar-refractivity contribution in [2.24, 2.45) is 0 Å². The molecule has 0 fully saturated rings. The molecule has 0 saturated carbocycles. The maximum atomic E-state index is 12.5. The van der Waals surface area contributed by atoms with Gasteiger partial charge in [-0.15, -0.1) is 0 Å². The average molecular weight is 405 g/mol. The van der Waals surface area contributed by atoms with Crippen molar-refractivity contribution in [1.82, 2.24) is 20.0 Å². The van der Waals surface area contributed by atoms with Gasteiger partial charge in [0.05, 0.1) is 11.9 Å². The van der Waals surface area contributed by atoms with Crippen molar-refractivity contribution in [1.29, 1.82) is 0 Å². The molecule has 3 rings (SSSR count). The third-order valence-electron chi connectivity index (χ3n) is 5.12. The van der Waals surface area contributed by atoms with Gasteiger partial charge < -0.3 is 10.2 Å². The number of unbranched alkanes of at least 4 members (excludes halogenated alkanes) is 3. The van der Waals surface area contributed by atoms with Crippen LogP contribution in [0.1, 0.15) is 25.7 Å². The molecule has 1 heterocycles. The molecule has 0 aliphatic heterocycles. The van der Waals surface area contributed by atoms with E-state index in [2.05, 4.69) is 53.7 Å². The number of hydrogen-bond donors (Lipinski definition) is 1. The maximum absolute atomic E-state index is 12.5. The van der Waals surface area contributed by atoms with Gasteiger partial charge >= 0.3 is 0 Å². The summed E-state index contributed by atoms with van der Waals surface area (Å²) >= 11 is 0. The predicted molar refractivity (Wildman–Crippen MR) is 123 cm³/mol. The summed E-state index contributed by atoms with van der Waals surface area (Å²) in [5.41, 5.74) is 4.17. The topological polar surface area (TPSA) is 50.2 Å². The van der Waals surface area contributed by atoms with Crippen LogP contribution >= 0.6 is 0 Å². The van der Waals surface area contributed by atoms with Crippen LogP contribution in [0.2, 0.25) is 0 Å². The first kappa shape index (κ1) is 21.8. The molecule has 0 spiro atoms. The Balaban J connectivity index is 1.62. The van der Waals surface area contributed by atoms with E-state index in [0.717, 1.165) is 41.8 Å². The van der Waals surface area contributed by atoms with E-state index in [9.17, 15) is 4.79 Å². The highest BCUT2D eigenvalue weighted by Gasteiger charge is 2.16. The second-order valence-electron chi connectivity index (χ2n) is 7.86. The Morgan fingerprint density at radius 1 is 0.900 bits per heavy atom. The van der Waals surface area contributed by atoms with Gasteiger partial charge in [0, 0.05) is 17.7 Å². The minimum Gasteiger partial charge on any atom is -0.354 e. The Morgan fingerprint density at radius 3 is 2.20 bits per heavy atom. The van der Waals surface area contributed by atoms with Crippen LogP contribution in [0.15, 0.2) is 66.9 Å². The SMILES string of the molecule is CN(C)CCCCCCNC(=O)Cn1ncc(-c2ccccc2)c1-c1ccccc1. The van der Waals surface area contributed by atoms with Crippen molar-refractivity contribution in [2.75, 3.05) is 27.2 Å². The molecular formula is C25H32N4O. The number of carbonyl (C=O) groups is 1. The van der Waals surface area contributed by atoms with Gasteiger partial charge in [0.15, 0.2) is 0 Å². The number of nitrogens with zero attached hydrogens (tertiary/aromatic N) is 3. The minimum absolute atomic E-state index is 0.00295. The van der Waals surface area contributed by atoms with Crippen LogP contribution in [0, 0.1) is 0 Å². The van der Waals surface area contributed by atoms with Crippen molar-refractivity contribution < 1.29 is 4.79 Å². The summed E-state index contributed by atoms with van der Waals surface area (Å²) in [5, 5.41) is 7.59. The fourth-order valence-corrected chi connectivity index (χ4v) is 3.56. The molecule has 0 unspecified atom stereocenters. The first-order chi connectivity index (χ1) is 14.6. The number of benzene rings is 2. The molecule has 1 aromatic heterocycles. The number of rotatable bonds is 11. The van der Waals surface area contributed by atoms with Crippen LogP contribution < -0.4 is 5.32 Å². The molecule has 3 aromatic rings. The number of amides is 1. The number of nitrogens with one attached hydrogen (secondary N) is 1. The highest BCUT2D eigenvalue weighted by molar-refractivity contribution is 5.82. The molecule has 5 heteroatoms. The Bertz CT molecular complexity index is 903. The number of aromatic nitrogens is 2. The van der Waals surface area contributed by atoms with Crippen LogP contribution in [0.4, 0.5) is 0 Å². The van der Waals surface area contributed by atoms with E-state index in [1.54, 1.807) is 0 Å². The number of carbonyl (C=O) groups excluding carboxylic acids is 1. The monoisotopic (exact) mass is 404 g/mol. The van der Waals surface area contributed by atoms with Crippen molar-refractivity contribution in [3.8, 4) is 22.4 Å². The molecule has 0 radical (unpaired) electrons. The summed E-state index contributed by atoms with van der Waals surface area (Å²) in [6, 6.07) is 20.3. The molecule has 0 bridgehead atoms. The lowest BCUT2D eigenvalue weighted by molar-refractivity contribution is -0.121. The van der Waals surface area contributed by atoms with Crippen LogP contribution in [0.5, 0.6) is 0 Å². The molecule has 158 valence electrons. The highest BCUT2D eigenvalue weighted by Crippen LogP contribution is 2.31. The zero-order chi connectivity index (χ0) is 21.2. The molecule has 30 heavy (non-hydrogen) atoms. The van der Waals surface area contributed by atoms with E-state index in [4.69, 9.17) is 0 Å². The zero-order valence-electron chi connectivity index (χ0n) is 18.1. The Hall–Kier alpha value is -2.92. The van der Waals surface area contributed by atoms with Crippen LogP contribution in [0.3, 0.4) is 0 Å². The second kappa shape index (κ2) is 11.3. The first-order valence-electron chi connectivity index (χ1n) is 10.7. The van der Waals surface area contributed by atoms with Gasteiger partial charge in [-0.2, -0.15) is 5.10 Å². The van der Waals surface area contributed by atoms with Gasteiger partial charge in [0.2, 0.25) is 5.91 Å². The Kier molecular flexibility index (Phi) is 8.21. The fourth-order valence-electron chi connectivity index (χ4n) is 3.56. The summed E-state index contributed by atoms with van der Waals surface area (Å²) in [5.74, 6) is 0.00295. The lowest BCUT2D eigenvalue weighted by Gasteiger charge is -2.11. The van der Waals surface area contributed by atoms with E-state index in [1.807, 2.05) is 47.3 Å². The minimum atomic E-state index is 0.00295. The quantitative estimate of drug-likeness (QED) is 0.480.